The first-order valence-electron chi connectivity index (χ1n) is 5.78. The zero-order valence-electron chi connectivity index (χ0n) is 9.65. The summed E-state index contributed by atoms with van der Waals surface area (Å²) in [6.07, 6.45) is 1.13. The molecule has 1 aliphatic heterocycles. The van der Waals surface area contributed by atoms with Gasteiger partial charge in [-0.05, 0) is 47.7 Å². The van der Waals surface area contributed by atoms with E-state index in [-0.39, 0.29) is 5.75 Å². The van der Waals surface area contributed by atoms with Crippen molar-refractivity contribution in [1.82, 2.24) is 25.5 Å². The predicted molar refractivity (Wildman–Crippen MR) is 68.0 cm³/mol. The highest BCUT2D eigenvalue weighted by molar-refractivity contribution is 7.99. The van der Waals surface area contributed by atoms with E-state index >= 15 is 0 Å². The van der Waals surface area contributed by atoms with Crippen LogP contribution in [0.2, 0.25) is 0 Å². The Morgan fingerprint density at radius 3 is 2.89 bits per heavy atom. The van der Waals surface area contributed by atoms with Crippen LogP contribution in [0.25, 0.3) is 5.69 Å². The Hall–Kier alpha value is -1.60. The molecule has 0 radical (unpaired) electrons. The normalized spacial score (nSPS) is 19.2. The molecule has 2 N–H and O–H groups in total. The Labute approximate surface area is 108 Å². The van der Waals surface area contributed by atoms with Crippen LogP contribution in [-0.2, 0) is 0 Å². The smallest absolute Gasteiger partial charge is 0.214 e. The number of rotatable bonds is 3. The van der Waals surface area contributed by atoms with Crippen molar-refractivity contribution in [2.45, 2.75) is 16.8 Å². The first-order valence-corrected chi connectivity index (χ1v) is 6.66. The SMILES string of the molecule is Oc1ccc(-n2nnnc2SC2CCNC2)cc1. The van der Waals surface area contributed by atoms with Gasteiger partial charge in [0.1, 0.15) is 5.75 Å². The summed E-state index contributed by atoms with van der Waals surface area (Å²) >= 11 is 1.69. The van der Waals surface area contributed by atoms with Crippen LogP contribution in [0, 0.1) is 0 Å². The highest BCUT2D eigenvalue weighted by Gasteiger charge is 2.19. The maximum atomic E-state index is 9.28. The van der Waals surface area contributed by atoms with E-state index in [1.54, 1.807) is 40.7 Å². The molecule has 1 unspecified atom stereocenters. The summed E-state index contributed by atoms with van der Waals surface area (Å²) in [5.74, 6) is 0.237. The molecule has 0 spiro atoms. The quantitative estimate of drug-likeness (QED) is 0.854. The molecule has 1 atom stereocenters. The van der Waals surface area contributed by atoms with Crippen LogP contribution < -0.4 is 5.32 Å². The molecule has 94 valence electrons. The molecule has 2 aromatic rings. The van der Waals surface area contributed by atoms with Gasteiger partial charge in [-0.1, -0.05) is 11.8 Å². The maximum absolute atomic E-state index is 9.28. The molecule has 0 aliphatic carbocycles. The second-order valence-electron chi connectivity index (χ2n) is 4.12. The summed E-state index contributed by atoms with van der Waals surface area (Å²) in [5, 5.41) is 25.7. The molecule has 0 bridgehead atoms. The lowest BCUT2D eigenvalue weighted by atomic mass is 10.3. The summed E-state index contributed by atoms with van der Waals surface area (Å²) < 4.78 is 1.70. The molecule has 7 heteroatoms. The Bertz CT molecular complexity index is 520. The van der Waals surface area contributed by atoms with Crippen LogP contribution in [0.3, 0.4) is 0 Å². The Morgan fingerprint density at radius 1 is 1.33 bits per heavy atom. The van der Waals surface area contributed by atoms with Gasteiger partial charge >= 0.3 is 0 Å². The third-order valence-corrected chi connectivity index (χ3v) is 4.02. The second kappa shape index (κ2) is 4.95. The van der Waals surface area contributed by atoms with Gasteiger partial charge in [0.15, 0.2) is 0 Å². The molecular weight excluding hydrogens is 250 g/mol. The van der Waals surface area contributed by atoms with Crippen molar-refractivity contribution in [1.29, 1.82) is 0 Å². The molecule has 0 amide bonds. The third kappa shape index (κ3) is 2.32. The number of phenols is 1. The molecule has 6 nitrogen and oxygen atoms in total. The van der Waals surface area contributed by atoms with E-state index < -0.39 is 0 Å². The van der Waals surface area contributed by atoms with Gasteiger partial charge in [-0.3, -0.25) is 0 Å². The van der Waals surface area contributed by atoms with Crippen LogP contribution in [0.1, 0.15) is 6.42 Å². The summed E-state index contributed by atoms with van der Waals surface area (Å²) in [6.45, 7) is 2.05. The lowest BCUT2D eigenvalue weighted by Crippen LogP contribution is -2.11. The monoisotopic (exact) mass is 263 g/mol. The van der Waals surface area contributed by atoms with Gasteiger partial charge in [0.2, 0.25) is 5.16 Å². The summed E-state index contributed by atoms with van der Waals surface area (Å²) in [5.41, 5.74) is 0.853. The van der Waals surface area contributed by atoms with Gasteiger partial charge in [-0.15, -0.1) is 5.10 Å². The molecule has 1 aromatic heterocycles. The van der Waals surface area contributed by atoms with Crippen molar-refractivity contribution in [2.24, 2.45) is 0 Å². The average Bonchev–Trinajstić information content (AvgIpc) is 3.02. The molecule has 1 aliphatic rings. The summed E-state index contributed by atoms with van der Waals surface area (Å²) in [4.78, 5) is 0. The highest BCUT2D eigenvalue weighted by atomic mass is 32.2. The standard InChI is InChI=1S/C11H13N5OS/c17-9-3-1-8(2-4-9)16-11(13-14-15-16)18-10-5-6-12-7-10/h1-4,10,12,17H,5-7H2. The van der Waals surface area contributed by atoms with E-state index in [2.05, 4.69) is 20.8 Å². The molecule has 1 fully saturated rings. The van der Waals surface area contributed by atoms with Gasteiger partial charge in [-0.2, -0.15) is 4.68 Å². The first-order chi connectivity index (χ1) is 8.83. The molecule has 3 rings (SSSR count). The minimum Gasteiger partial charge on any atom is -0.508 e. The van der Waals surface area contributed by atoms with Gasteiger partial charge in [-0.25, -0.2) is 0 Å². The number of hydrogen-bond donors (Lipinski definition) is 2. The number of hydrogen-bond acceptors (Lipinski definition) is 6. The zero-order chi connectivity index (χ0) is 12.4. The van der Waals surface area contributed by atoms with Crippen LogP contribution in [-0.4, -0.2) is 43.7 Å². The van der Waals surface area contributed by atoms with Crippen molar-refractivity contribution in [3.63, 3.8) is 0 Å². The fourth-order valence-corrected chi connectivity index (χ4v) is 2.95. The number of nitrogens with zero attached hydrogens (tertiary/aromatic N) is 4. The highest BCUT2D eigenvalue weighted by Crippen LogP contribution is 2.26. The number of nitrogens with one attached hydrogen (secondary N) is 1. The number of aromatic hydroxyl groups is 1. The van der Waals surface area contributed by atoms with Gasteiger partial charge in [0.05, 0.1) is 5.69 Å². The van der Waals surface area contributed by atoms with Crippen molar-refractivity contribution >= 4 is 11.8 Å². The van der Waals surface area contributed by atoms with Gasteiger partial charge in [0, 0.05) is 11.8 Å². The van der Waals surface area contributed by atoms with E-state index in [9.17, 15) is 5.11 Å². The van der Waals surface area contributed by atoms with Crippen molar-refractivity contribution in [3.05, 3.63) is 24.3 Å². The lowest BCUT2D eigenvalue weighted by molar-refractivity contribution is 0.475. The number of tetrazole rings is 1. The minimum absolute atomic E-state index is 0.237. The largest absolute Gasteiger partial charge is 0.508 e. The van der Waals surface area contributed by atoms with E-state index in [1.807, 2.05) is 0 Å². The van der Waals surface area contributed by atoms with Crippen LogP contribution in [0.5, 0.6) is 5.75 Å². The van der Waals surface area contributed by atoms with E-state index in [1.165, 1.54) is 0 Å². The predicted octanol–water partition coefficient (Wildman–Crippen LogP) is 0.822. The van der Waals surface area contributed by atoms with Crippen LogP contribution in [0.15, 0.2) is 29.4 Å². The summed E-state index contributed by atoms with van der Waals surface area (Å²) in [7, 11) is 0. The van der Waals surface area contributed by atoms with Gasteiger partial charge in [0.25, 0.3) is 0 Å². The fraction of sp³-hybridized carbons (Fsp3) is 0.364. The van der Waals surface area contributed by atoms with Crippen LogP contribution >= 0.6 is 11.8 Å². The molecule has 1 saturated heterocycles. The molecule has 18 heavy (non-hydrogen) atoms. The number of aromatic nitrogens is 4. The van der Waals surface area contributed by atoms with E-state index in [4.69, 9.17) is 0 Å². The molecule has 2 heterocycles. The van der Waals surface area contributed by atoms with Gasteiger partial charge < -0.3 is 10.4 Å². The maximum Gasteiger partial charge on any atom is 0.214 e. The first kappa shape index (κ1) is 11.5. The Balaban J connectivity index is 1.84. The number of thioether (sulfide) groups is 1. The number of benzene rings is 1. The van der Waals surface area contributed by atoms with E-state index in [0.29, 0.717) is 5.25 Å². The molecule has 0 saturated carbocycles. The molecule has 1 aromatic carbocycles. The second-order valence-corrected chi connectivity index (χ2v) is 5.39. The number of phenolic OH excluding ortho intramolecular Hbond substituents is 1. The van der Waals surface area contributed by atoms with Crippen molar-refractivity contribution in [2.75, 3.05) is 13.1 Å². The molecular formula is C11H13N5OS. The van der Waals surface area contributed by atoms with Crippen molar-refractivity contribution < 1.29 is 5.11 Å². The lowest BCUT2D eigenvalue weighted by Gasteiger charge is -2.07. The Kier molecular flexibility index (Phi) is 3.16. The Morgan fingerprint density at radius 2 is 2.17 bits per heavy atom. The minimum atomic E-state index is 0.237. The third-order valence-electron chi connectivity index (χ3n) is 2.82. The average molecular weight is 263 g/mol. The fourth-order valence-electron chi connectivity index (χ4n) is 1.89. The van der Waals surface area contributed by atoms with Crippen molar-refractivity contribution in [3.8, 4) is 11.4 Å². The topological polar surface area (TPSA) is 75.9 Å². The summed E-state index contributed by atoms with van der Waals surface area (Å²) in [6, 6.07) is 6.84. The zero-order valence-corrected chi connectivity index (χ0v) is 10.5. The van der Waals surface area contributed by atoms with E-state index in [0.717, 1.165) is 30.4 Å². The van der Waals surface area contributed by atoms with Crippen LogP contribution in [0.4, 0.5) is 0 Å².